The van der Waals surface area contributed by atoms with Gasteiger partial charge in [-0.1, -0.05) is 6.92 Å². The van der Waals surface area contributed by atoms with Gasteiger partial charge in [-0.05, 0) is 37.1 Å². The monoisotopic (exact) mass is 390 g/mol. The zero-order chi connectivity index (χ0) is 20.5. The van der Waals surface area contributed by atoms with E-state index in [9.17, 15) is 18.3 Å². The Labute approximate surface area is 161 Å². The summed E-state index contributed by atoms with van der Waals surface area (Å²) in [6, 6.07) is 4.95. The zero-order valence-corrected chi connectivity index (χ0v) is 15.6. The molecule has 0 saturated heterocycles. The predicted octanol–water partition coefficient (Wildman–Crippen LogP) is 3.91. The molecule has 0 amide bonds. The number of aliphatic hydroxyl groups is 1. The first-order valence-electron chi connectivity index (χ1n) is 8.83. The normalized spacial score (nSPS) is 22.5. The second-order valence-electron chi connectivity index (χ2n) is 7.34. The van der Waals surface area contributed by atoms with Crippen LogP contribution in [-0.2, 0) is 6.18 Å². The number of likely N-dealkylation sites (N-methyl/N-ethyl adjacent to an activating group) is 1. The molecule has 8 heteroatoms. The van der Waals surface area contributed by atoms with E-state index in [1.807, 2.05) is 23.8 Å². The molecule has 28 heavy (non-hydrogen) atoms. The fourth-order valence-corrected chi connectivity index (χ4v) is 3.67. The molecule has 1 aliphatic carbocycles. The molecule has 2 aromatic rings. The van der Waals surface area contributed by atoms with Crippen molar-refractivity contribution in [2.24, 2.45) is 5.41 Å². The van der Waals surface area contributed by atoms with E-state index < -0.39 is 22.7 Å². The van der Waals surface area contributed by atoms with Crippen LogP contribution in [0, 0.1) is 16.7 Å². The number of halogens is 3. The van der Waals surface area contributed by atoms with Crippen LogP contribution in [0.15, 0.2) is 43.0 Å². The van der Waals surface area contributed by atoms with Gasteiger partial charge in [-0.2, -0.15) is 18.4 Å². The third-order valence-electron chi connectivity index (χ3n) is 5.47. The van der Waals surface area contributed by atoms with Gasteiger partial charge >= 0.3 is 6.18 Å². The number of anilines is 1. The number of hydrogen-bond acceptors (Lipinski definition) is 4. The van der Waals surface area contributed by atoms with Gasteiger partial charge in [0.25, 0.3) is 0 Å². The molecule has 0 radical (unpaired) electrons. The summed E-state index contributed by atoms with van der Waals surface area (Å²) in [7, 11) is 1.70. The van der Waals surface area contributed by atoms with Crippen LogP contribution in [0.1, 0.15) is 30.9 Å². The Kier molecular flexibility index (Phi) is 5.22. The van der Waals surface area contributed by atoms with E-state index in [0.29, 0.717) is 12.1 Å². The first kappa shape index (κ1) is 20.0. The molecule has 0 fully saturated rings. The van der Waals surface area contributed by atoms with Gasteiger partial charge in [-0.25, -0.2) is 4.98 Å². The number of hydrogen-bond donors (Lipinski definition) is 1. The number of allylic oxidation sites excluding steroid dienone is 1. The van der Waals surface area contributed by atoms with Crippen molar-refractivity contribution in [1.29, 1.82) is 5.26 Å². The van der Waals surface area contributed by atoms with Crippen LogP contribution in [-0.4, -0.2) is 34.4 Å². The molecule has 0 aliphatic heterocycles. The van der Waals surface area contributed by atoms with E-state index in [0.717, 1.165) is 18.2 Å². The minimum atomic E-state index is -4.62. The maximum Gasteiger partial charge on any atom is 0.417 e. The number of nitriles is 1. The van der Waals surface area contributed by atoms with Crippen molar-refractivity contribution in [1.82, 2.24) is 9.55 Å². The molecule has 0 unspecified atom stereocenters. The fraction of sp³-hybridized carbons (Fsp3) is 0.400. The molecule has 1 aliphatic rings. The summed E-state index contributed by atoms with van der Waals surface area (Å²) in [5, 5.41) is 19.0. The third-order valence-corrected chi connectivity index (χ3v) is 5.47. The highest BCUT2D eigenvalue weighted by Gasteiger charge is 2.40. The molecule has 2 atom stereocenters. The van der Waals surface area contributed by atoms with Crippen molar-refractivity contribution in [3.63, 3.8) is 0 Å². The highest BCUT2D eigenvalue weighted by molar-refractivity contribution is 5.58. The summed E-state index contributed by atoms with van der Waals surface area (Å²) in [6.45, 7) is 1.82. The molecule has 0 spiro atoms. The van der Waals surface area contributed by atoms with Gasteiger partial charge in [0.05, 0.1) is 36.2 Å². The lowest BCUT2D eigenvalue weighted by Gasteiger charge is -2.44. The van der Waals surface area contributed by atoms with Crippen LogP contribution in [0.3, 0.4) is 0 Å². The standard InChI is InChI=1S/C20H21F3N4O/c1-19(12-28)6-5-16(27-8-7-25-13-27)10-18(19)26(2)15-4-3-14(11-24)17(9-15)20(21,22)23/h3-4,7-10,13,18,28H,5-6,12H2,1-2H3/t18-,19+/m0/s1. The smallest absolute Gasteiger partial charge is 0.396 e. The van der Waals surface area contributed by atoms with Crippen LogP contribution in [0.5, 0.6) is 0 Å². The van der Waals surface area contributed by atoms with Gasteiger partial charge in [0.15, 0.2) is 0 Å². The van der Waals surface area contributed by atoms with Crippen molar-refractivity contribution in [2.45, 2.75) is 32.0 Å². The van der Waals surface area contributed by atoms with E-state index in [4.69, 9.17) is 5.26 Å². The van der Waals surface area contributed by atoms with Gasteiger partial charge in [0.1, 0.15) is 0 Å². The topological polar surface area (TPSA) is 65.1 Å². The molecular weight excluding hydrogens is 369 g/mol. The Hall–Kier alpha value is -2.79. The summed E-state index contributed by atoms with van der Waals surface area (Å²) in [4.78, 5) is 5.77. The molecule has 0 bridgehead atoms. The number of benzene rings is 1. The van der Waals surface area contributed by atoms with Gasteiger partial charge in [0, 0.05) is 36.2 Å². The summed E-state index contributed by atoms with van der Waals surface area (Å²) in [5.41, 5.74) is -0.581. The van der Waals surface area contributed by atoms with E-state index in [1.54, 1.807) is 30.5 Å². The van der Waals surface area contributed by atoms with Crippen molar-refractivity contribution in [3.8, 4) is 6.07 Å². The molecule has 1 N–H and O–H groups in total. The fourth-order valence-electron chi connectivity index (χ4n) is 3.67. The number of aromatic nitrogens is 2. The molecule has 1 aromatic carbocycles. The van der Waals surface area contributed by atoms with E-state index in [-0.39, 0.29) is 12.6 Å². The molecule has 5 nitrogen and oxygen atoms in total. The first-order chi connectivity index (χ1) is 13.2. The Bertz CT molecular complexity index is 915. The van der Waals surface area contributed by atoms with Crippen molar-refractivity contribution in [3.05, 3.63) is 54.1 Å². The third kappa shape index (κ3) is 3.62. The number of rotatable bonds is 4. The lowest BCUT2D eigenvalue weighted by Crippen LogP contribution is -2.48. The quantitative estimate of drug-likeness (QED) is 0.860. The second-order valence-corrected chi connectivity index (χ2v) is 7.34. The maximum atomic E-state index is 13.4. The highest BCUT2D eigenvalue weighted by atomic mass is 19.4. The summed E-state index contributed by atoms with van der Waals surface area (Å²) in [5.74, 6) is 0. The minimum Gasteiger partial charge on any atom is -0.396 e. The molecule has 3 rings (SSSR count). The summed E-state index contributed by atoms with van der Waals surface area (Å²) >= 11 is 0. The van der Waals surface area contributed by atoms with E-state index >= 15 is 0 Å². The number of aliphatic hydroxyl groups excluding tert-OH is 1. The number of imidazole rings is 1. The predicted molar refractivity (Wildman–Crippen MR) is 99.3 cm³/mol. The Morgan fingerprint density at radius 3 is 2.75 bits per heavy atom. The van der Waals surface area contributed by atoms with Crippen molar-refractivity contribution in [2.75, 3.05) is 18.6 Å². The van der Waals surface area contributed by atoms with Crippen molar-refractivity contribution >= 4 is 11.4 Å². The van der Waals surface area contributed by atoms with Gasteiger partial charge in [0.2, 0.25) is 0 Å². The second kappa shape index (κ2) is 7.32. The average molecular weight is 390 g/mol. The lowest BCUT2D eigenvalue weighted by atomic mass is 9.73. The Balaban J connectivity index is 2.04. The molecule has 1 heterocycles. The Morgan fingerprint density at radius 1 is 1.43 bits per heavy atom. The van der Waals surface area contributed by atoms with Crippen molar-refractivity contribution < 1.29 is 18.3 Å². The molecule has 0 saturated carbocycles. The van der Waals surface area contributed by atoms with Crippen LogP contribution >= 0.6 is 0 Å². The van der Waals surface area contributed by atoms with Gasteiger partial charge in [-0.3, -0.25) is 0 Å². The molecular formula is C20H21F3N4O. The van der Waals surface area contributed by atoms with Crippen LogP contribution < -0.4 is 4.90 Å². The van der Waals surface area contributed by atoms with Crippen LogP contribution in [0.25, 0.3) is 5.70 Å². The molecule has 148 valence electrons. The van der Waals surface area contributed by atoms with E-state index in [1.165, 1.54) is 12.1 Å². The SMILES string of the molecule is CN(c1ccc(C#N)c(C(F)(F)F)c1)[C@H]1C=C(n2ccnc2)CC[C@]1(C)CO. The summed E-state index contributed by atoms with van der Waals surface area (Å²) in [6.07, 6.45) is 3.89. The first-order valence-corrected chi connectivity index (χ1v) is 8.83. The number of alkyl halides is 3. The highest BCUT2D eigenvalue weighted by Crippen LogP contribution is 2.41. The lowest BCUT2D eigenvalue weighted by molar-refractivity contribution is -0.137. The van der Waals surface area contributed by atoms with E-state index in [2.05, 4.69) is 4.98 Å². The Morgan fingerprint density at radius 2 is 2.18 bits per heavy atom. The van der Waals surface area contributed by atoms with Crippen LogP contribution in [0.4, 0.5) is 18.9 Å². The molecule has 1 aromatic heterocycles. The minimum absolute atomic E-state index is 0.0991. The number of nitrogens with zero attached hydrogens (tertiary/aromatic N) is 4. The zero-order valence-electron chi connectivity index (χ0n) is 15.6. The van der Waals surface area contributed by atoms with Gasteiger partial charge in [-0.15, -0.1) is 0 Å². The summed E-state index contributed by atoms with van der Waals surface area (Å²) < 4.78 is 41.9. The van der Waals surface area contributed by atoms with Gasteiger partial charge < -0.3 is 14.6 Å². The van der Waals surface area contributed by atoms with Crippen LogP contribution in [0.2, 0.25) is 0 Å². The largest absolute Gasteiger partial charge is 0.417 e. The maximum absolute atomic E-state index is 13.4. The average Bonchev–Trinajstić information content (AvgIpc) is 3.21.